The second-order valence-electron chi connectivity index (χ2n) is 6.79. The third kappa shape index (κ3) is 5.84. The van der Waals surface area contributed by atoms with Gasteiger partial charge in [0.15, 0.2) is 5.16 Å². The summed E-state index contributed by atoms with van der Waals surface area (Å²) in [6.07, 6.45) is -4.19. The lowest BCUT2D eigenvalue weighted by molar-refractivity contribution is -0.274. The predicted octanol–water partition coefficient (Wildman–Crippen LogP) is 5.16. The van der Waals surface area contributed by atoms with Gasteiger partial charge in [-0.3, -0.25) is 14.2 Å². The molecule has 4 rings (SSSR count). The van der Waals surface area contributed by atoms with Crippen molar-refractivity contribution in [2.24, 2.45) is 0 Å². The average molecular weight is 514 g/mol. The number of halogens is 4. The Labute approximate surface area is 199 Å². The van der Waals surface area contributed by atoms with Crippen LogP contribution in [0.3, 0.4) is 0 Å². The van der Waals surface area contributed by atoms with E-state index in [9.17, 15) is 22.8 Å². The molecule has 0 aliphatic carbocycles. The zero-order valence-electron chi connectivity index (χ0n) is 16.7. The van der Waals surface area contributed by atoms with E-state index in [2.05, 4.69) is 15.0 Å². The fourth-order valence-corrected chi connectivity index (χ4v) is 5.05. The van der Waals surface area contributed by atoms with Crippen molar-refractivity contribution in [3.05, 3.63) is 69.6 Å². The highest BCUT2D eigenvalue weighted by atomic mass is 35.5. The van der Waals surface area contributed by atoms with Crippen LogP contribution in [-0.4, -0.2) is 33.3 Å². The molecule has 1 N–H and O–H groups in total. The molecule has 0 fully saturated rings. The molecule has 1 aliphatic rings. The number of amides is 1. The van der Waals surface area contributed by atoms with Crippen LogP contribution < -0.4 is 15.6 Å². The largest absolute Gasteiger partial charge is 0.573 e. The minimum Gasteiger partial charge on any atom is -0.406 e. The summed E-state index contributed by atoms with van der Waals surface area (Å²) >= 11 is 8.29. The number of anilines is 1. The van der Waals surface area contributed by atoms with E-state index in [4.69, 9.17) is 11.6 Å². The van der Waals surface area contributed by atoms with Gasteiger partial charge in [0.25, 0.3) is 5.56 Å². The highest BCUT2D eigenvalue weighted by Crippen LogP contribution is 2.31. The summed E-state index contributed by atoms with van der Waals surface area (Å²) in [5.41, 5.74) is 1.21. The summed E-state index contributed by atoms with van der Waals surface area (Å²) in [4.78, 5) is 30.6. The second-order valence-corrected chi connectivity index (χ2v) is 9.28. The third-order valence-electron chi connectivity index (χ3n) is 4.46. The molecule has 1 aromatic heterocycles. The molecule has 2 heterocycles. The standard InChI is InChI=1S/C21H15ClF3N3O3S2/c22-12-1-3-13(4-2-12)26-17(29)11-33-20-27-16-9-10-32-18(16)19(30)28(20)14-5-7-15(8-6-14)31-21(23,24)25/h1-8H,9-11H2,(H,26,29). The number of carbonyl (C=O) groups excluding carboxylic acids is 1. The topological polar surface area (TPSA) is 73.2 Å². The van der Waals surface area contributed by atoms with Gasteiger partial charge in [-0.05, 0) is 48.5 Å². The van der Waals surface area contributed by atoms with Gasteiger partial charge >= 0.3 is 6.36 Å². The van der Waals surface area contributed by atoms with Gasteiger partial charge in [-0.2, -0.15) is 0 Å². The van der Waals surface area contributed by atoms with Crippen LogP contribution in [-0.2, 0) is 11.2 Å². The summed E-state index contributed by atoms with van der Waals surface area (Å²) in [5, 5.41) is 3.55. The maximum Gasteiger partial charge on any atom is 0.573 e. The number of aryl methyl sites for hydroxylation is 1. The molecule has 172 valence electrons. The van der Waals surface area contributed by atoms with Crippen molar-refractivity contribution in [3.8, 4) is 11.4 Å². The van der Waals surface area contributed by atoms with Crippen molar-refractivity contribution >= 4 is 46.7 Å². The van der Waals surface area contributed by atoms with E-state index < -0.39 is 12.1 Å². The van der Waals surface area contributed by atoms with Gasteiger partial charge in [0.2, 0.25) is 5.91 Å². The van der Waals surface area contributed by atoms with E-state index in [-0.39, 0.29) is 22.4 Å². The molecule has 1 aliphatic heterocycles. The van der Waals surface area contributed by atoms with Crippen LogP contribution in [0.1, 0.15) is 5.69 Å². The number of rotatable bonds is 6. The quantitative estimate of drug-likeness (QED) is 0.362. The molecule has 2 aromatic carbocycles. The van der Waals surface area contributed by atoms with Crippen LogP contribution in [0.2, 0.25) is 5.02 Å². The molecule has 0 atom stereocenters. The van der Waals surface area contributed by atoms with E-state index in [0.29, 0.717) is 39.2 Å². The Hall–Kier alpha value is -2.63. The number of ether oxygens (including phenoxy) is 1. The monoisotopic (exact) mass is 513 g/mol. The first-order chi connectivity index (χ1) is 15.7. The average Bonchev–Trinajstić information content (AvgIpc) is 3.23. The molecule has 12 heteroatoms. The number of thioether (sulfide) groups is 2. The lowest BCUT2D eigenvalue weighted by atomic mass is 10.3. The lowest BCUT2D eigenvalue weighted by Gasteiger charge is -2.15. The fourth-order valence-electron chi connectivity index (χ4n) is 3.07. The molecule has 0 unspecified atom stereocenters. The normalized spacial score (nSPS) is 13.0. The molecule has 33 heavy (non-hydrogen) atoms. The number of hydrogen-bond acceptors (Lipinski definition) is 6. The van der Waals surface area contributed by atoms with Gasteiger partial charge in [0.05, 0.1) is 22.0 Å². The number of alkyl halides is 3. The smallest absolute Gasteiger partial charge is 0.406 e. The van der Waals surface area contributed by atoms with Crippen molar-refractivity contribution in [1.29, 1.82) is 0 Å². The Kier molecular flexibility index (Phi) is 6.91. The van der Waals surface area contributed by atoms with Crippen molar-refractivity contribution in [3.63, 3.8) is 0 Å². The van der Waals surface area contributed by atoms with Crippen LogP contribution in [0.25, 0.3) is 5.69 Å². The highest BCUT2D eigenvalue weighted by molar-refractivity contribution is 8.00. The van der Waals surface area contributed by atoms with Gasteiger partial charge in [-0.1, -0.05) is 23.4 Å². The van der Waals surface area contributed by atoms with Crippen LogP contribution in [0.4, 0.5) is 18.9 Å². The van der Waals surface area contributed by atoms with Gasteiger partial charge in [-0.25, -0.2) is 4.98 Å². The van der Waals surface area contributed by atoms with Gasteiger partial charge in [0.1, 0.15) is 5.75 Å². The summed E-state index contributed by atoms with van der Waals surface area (Å²) in [6, 6.07) is 11.5. The van der Waals surface area contributed by atoms with Gasteiger partial charge < -0.3 is 10.1 Å². The van der Waals surface area contributed by atoms with Gasteiger partial charge in [0, 0.05) is 22.9 Å². The molecule has 0 bridgehead atoms. The third-order valence-corrected chi connectivity index (χ3v) is 6.75. The molecular formula is C21H15ClF3N3O3S2. The number of nitrogens with one attached hydrogen (secondary N) is 1. The molecular weight excluding hydrogens is 499 g/mol. The van der Waals surface area contributed by atoms with E-state index in [1.807, 2.05) is 0 Å². The van der Waals surface area contributed by atoms with E-state index in [1.165, 1.54) is 28.5 Å². The minimum absolute atomic E-state index is 0.0315. The van der Waals surface area contributed by atoms with Crippen LogP contribution in [0.15, 0.2) is 63.4 Å². The number of hydrogen-bond donors (Lipinski definition) is 1. The maximum absolute atomic E-state index is 13.1. The molecule has 1 amide bonds. The Bertz CT molecular complexity index is 1230. The number of aromatic nitrogens is 2. The molecule has 6 nitrogen and oxygen atoms in total. The van der Waals surface area contributed by atoms with E-state index in [0.717, 1.165) is 23.9 Å². The summed E-state index contributed by atoms with van der Waals surface area (Å²) in [6.45, 7) is 0. The number of nitrogens with zero attached hydrogens (tertiary/aromatic N) is 2. The summed E-state index contributed by atoms with van der Waals surface area (Å²) in [5.74, 6) is -0.0385. The first kappa shape index (κ1) is 23.5. The second kappa shape index (κ2) is 9.70. The zero-order valence-corrected chi connectivity index (χ0v) is 19.1. The Morgan fingerprint density at radius 1 is 1.18 bits per heavy atom. The van der Waals surface area contributed by atoms with Crippen molar-refractivity contribution < 1.29 is 22.7 Å². The van der Waals surface area contributed by atoms with Gasteiger partial charge in [-0.15, -0.1) is 24.9 Å². The van der Waals surface area contributed by atoms with E-state index in [1.54, 1.807) is 24.3 Å². The molecule has 0 saturated heterocycles. The molecule has 0 radical (unpaired) electrons. The van der Waals surface area contributed by atoms with Crippen molar-refractivity contribution in [2.75, 3.05) is 16.8 Å². The fraction of sp³-hybridized carbons (Fsp3) is 0.190. The Morgan fingerprint density at radius 2 is 1.88 bits per heavy atom. The Morgan fingerprint density at radius 3 is 2.55 bits per heavy atom. The van der Waals surface area contributed by atoms with E-state index >= 15 is 0 Å². The Balaban J connectivity index is 1.59. The molecule has 0 spiro atoms. The number of fused-ring (bicyclic) bond motifs is 1. The van der Waals surface area contributed by atoms with Crippen LogP contribution in [0, 0.1) is 0 Å². The first-order valence-electron chi connectivity index (χ1n) is 9.53. The molecule has 0 saturated carbocycles. The predicted molar refractivity (Wildman–Crippen MR) is 122 cm³/mol. The number of benzene rings is 2. The lowest BCUT2D eigenvalue weighted by Crippen LogP contribution is -2.24. The van der Waals surface area contributed by atoms with Crippen molar-refractivity contribution in [2.45, 2.75) is 22.8 Å². The SMILES string of the molecule is O=C(CSc1nc2c(c(=O)n1-c1ccc(OC(F)(F)F)cc1)SCC2)Nc1ccc(Cl)cc1. The maximum atomic E-state index is 13.1. The van der Waals surface area contributed by atoms with Crippen LogP contribution >= 0.6 is 35.1 Å². The first-order valence-corrected chi connectivity index (χ1v) is 11.9. The summed E-state index contributed by atoms with van der Waals surface area (Å²) in [7, 11) is 0. The zero-order chi connectivity index (χ0) is 23.6. The summed E-state index contributed by atoms with van der Waals surface area (Å²) < 4.78 is 42.6. The molecule has 3 aromatic rings. The minimum atomic E-state index is -4.82. The van der Waals surface area contributed by atoms with Crippen molar-refractivity contribution in [1.82, 2.24) is 9.55 Å². The highest BCUT2D eigenvalue weighted by Gasteiger charge is 2.31. The van der Waals surface area contributed by atoms with Crippen LogP contribution in [0.5, 0.6) is 5.75 Å². The number of carbonyl (C=O) groups is 1.